The molecule has 0 radical (unpaired) electrons. The fraction of sp³-hybridized carbons (Fsp3) is 0.333. The molecule has 1 aromatic carbocycles. The number of benzene rings is 1. The minimum Gasteiger partial charge on any atom is -0.356 e. The fourth-order valence-corrected chi connectivity index (χ4v) is 2.46. The first-order chi connectivity index (χ1) is 10.7. The van der Waals surface area contributed by atoms with Gasteiger partial charge < -0.3 is 10.6 Å². The Morgan fingerprint density at radius 2 is 2.18 bits per heavy atom. The maximum atomic E-state index is 11.8. The van der Waals surface area contributed by atoms with E-state index in [1.807, 2.05) is 24.3 Å². The van der Waals surface area contributed by atoms with Crippen LogP contribution in [0, 0.1) is 5.92 Å². The number of hydrogen-bond donors (Lipinski definition) is 3. The molecule has 7 nitrogen and oxygen atoms in total. The van der Waals surface area contributed by atoms with E-state index in [-0.39, 0.29) is 11.9 Å². The Labute approximate surface area is 127 Å². The highest BCUT2D eigenvalue weighted by molar-refractivity contribution is 5.90. The van der Waals surface area contributed by atoms with Gasteiger partial charge in [0.15, 0.2) is 5.82 Å². The third-order valence-corrected chi connectivity index (χ3v) is 3.64. The second-order valence-corrected chi connectivity index (χ2v) is 5.33. The molecule has 1 unspecified atom stereocenters. The van der Waals surface area contributed by atoms with Crippen molar-refractivity contribution in [3.05, 3.63) is 30.3 Å². The molecule has 1 aromatic heterocycles. The topological polar surface area (TPSA) is 96.0 Å². The van der Waals surface area contributed by atoms with Crippen molar-refractivity contribution in [1.82, 2.24) is 20.8 Å². The maximum Gasteiger partial charge on any atom is 0.320 e. The van der Waals surface area contributed by atoms with Crippen molar-refractivity contribution in [2.75, 3.05) is 18.4 Å². The van der Waals surface area contributed by atoms with Crippen LogP contribution in [0.25, 0.3) is 10.9 Å². The van der Waals surface area contributed by atoms with E-state index in [9.17, 15) is 9.59 Å². The summed E-state index contributed by atoms with van der Waals surface area (Å²) in [5.41, 5.74) is 0.784. The fourth-order valence-electron chi connectivity index (χ4n) is 2.46. The molecule has 3 amide bonds. The van der Waals surface area contributed by atoms with E-state index in [4.69, 9.17) is 0 Å². The van der Waals surface area contributed by atoms with Crippen LogP contribution in [0.15, 0.2) is 30.3 Å². The summed E-state index contributed by atoms with van der Waals surface area (Å²) in [6, 6.07) is 9.04. The molecule has 0 saturated carbocycles. The summed E-state index contributed by atoms with van der Waals surface area (Å²) in [6.07, 6.45) is 1.31. The highest BCUT2D eigenvalue weighted by Crippen LogP contribution is 2.14. The molecular formula is C15H17N5O2. The van der Waals surface area contributed by atoms with E-state index in [1.54, 1.807) is 6.07 Å². The first-order valence-corrected chi connectivity index (χ1v) is 7.25. The number of anilines is 1. The summed E-state index contributed by atoms with van der Waals surface area (Å²) in [6.45, 7) is 1.21. The van der Waals surface area contributed by atoms with Crippen molar-refractivity contribution in [3.8, 4) is 0 Å². The molecule has 7 heteroatoms. The summed E-state index contributed by atoms with van der Waals surface area (Å²) >= 11 is 0. The molecule has 0 aliphatic carbocycles. The van der Waals surface area contributed by atoms with E-state index in [0.29, 0.717) is 31.2 Å². The minimum absolute atomic E-state index is 0.0842. The Bertz CT molecular complexity index is 703. The number of nitrogens with zero attached hydrogens (tertiary/aromatic N) is 2. The van der Waals surface area contributed by atoms with Gasteiger partial charge in [-0.05, 0) is 24.5 Å². The molecule has 1 saturated heterocycles. The van der Waals surface area contributed by atoms with Gasteiger partial charge in [0, 0.05) is 24.9 Å². The highest BCUT2D eigenvalue weighted by atomic mass is 16.2. The van der Waals surface area contributed by atoms with E-state index in [0.717, 1.165) is 17.3 Å². The molecular weight excluding hydrogens is 282 g/mol. The lowest BCUT2D eigenvalue weighted by atomic mass is 10.1. The number of nitrogens with one attached hydrogen (secondary N) is 3. The van der Waals surface area contributed by atoms with Crippen LogP contribution in [-0.4, -0.2) is 35.2 Å². The highest BCUT2D eigenvalue weighted by Gasteiger charge is 2.20. The lowest BCUT2D eigenvalue weighted by molar-refractivity contribution is -0.119. The van der Waals surface area contributed by atoms with Gasteiger partial charge in [-0.1, -0.05) is 18.2 Å². The van der Waals surface area contributed by atoms with Crippen LogP contribution in [0.4, 0.5) is 10.6 Å². The summed E-state index contributed by atoms with van der Waals surface area (Å²) in [4.78, 5) is 22.9. The molecule has 3 N–H and O–H groups in total. The molecule has 1 aliphatic heterocycles. The predicted octanol–water partition coefficient (Wildman–Crippen LogP) is 1.28. The molecule has 114 valence electrons. The second-order valence-electron chi connectivity index (χ2n) is 5.33. The van der Waals surface area contributed by atoms with Crippen LogP contribution < -0.4 is 16.0 Å². The van der Waals surface area contributed by atoms with E-state index in [2.05, 4.69) is 26.1 Å². The zero-order valence-corrected chi connectivity index (χ0v) is 12.0. The van der Waals surface area contributed by atoms with Gasteiger partial charge in [0.25, 0.3) is 0 Å². The number of fused-ring (bicyclic) bond motifs is 1. The molecule has 0 bridgehead atoms. The first kappa shape index (κ1) is 14.2. The van der Waals surface area contributed by atoms with Crippen molar-refractivity contribution < 1.29 is 9.59 Å². The van der Waals surface area contributed by atoms with Crippen molar-refractivity contribution in [2.45, 2.75) is 12.8 Å². The number of carbonyl (C=O) groups excluding carboxylic acids is 2. The Kier molecular flexibility index (Phi) is 4.13. The zero-order chi connectivity index (χ0) is 15.4. The second kappa shape index (κ2) is 6.38. The number of carbonyl (C=O) groups is 2. The average molecular weight is 299 g/mol. The van der Waals surface area contributed by atoms with Crippen LogP contribution in [-0.2, 0) is 4.79 Å². The average Bonchev–Trinajstić information content (AvgIpc) is 2.92. The minimum atomic E-state index is -0.318. The first-order valence-electron chi connectivity index (χ1n) is 7.25. The third kappa shape index (κ3) is 3.49. The Balaban J connectivity index is 1.49. The van der Waals surface area contributed by atoms with Crippen LogP contribution in [0.5, 0.6) is 0 Å². The zero-order valence-electron chi connectivity index (χ0n) is 12.0. The number of hydrogen-bond acceptors (Lipinski definition) is 4. The van der Waals surface area contributed by atoms with Gasteiger partial charge in [-0.2, -0.15) is 0 Å². The number of amides is 3. The lowest BCUT2D eigenvalue weighted by Gasteiger charge is -2.09. The summed E-state index contributed by atoms with van der Waals surface area (Å²) in [7, 11) is 0. The molecule has 1 aliphatic rings. The molecule has 2 heterocycles. The van der Waals surface area contributed by atoms with Crippen LogP contribution in [0.2, 0.25) is 0 Å². The van der Waals surface area contributed by atoms with Crippen LogP contribution in [0.3, 0.4) is 0 Å². The normalized spacial score (nSPS) is 17.3. The number of rotatable bonds is 4. The van der Waals surface area contributed by atoms with Gasteiger partial charge in [0.1, 0.15) is 0 Å². The SMILES string of the molecule is O=C1CC(CCNC(=O)Nc2cc3ccccc3nn2)CN1. The molecule has 22 heavy (non-hydrogen) atoms. The smallest absolute Gasteiger partial charge is 0.320 e. The van der Waals surface area contributed by atoms with Crippen LogP contribution >= 0.6 is 0 Å². The van der Waals surface area contributed by atoms with Gasteiger partial charge in [0.2, 0.25) is 5.91 Å². The van der Waals surface area contributed by atoms with Gasteiger partial charge in [-0.3, -0.25) is 10.1 Å². The summed E-state index contributed by atoms with van der Waals surface area (Å²) in [5, 5.41) is 17.1. The van der Waals surface area contributed by atoms with Crippen molar-refractivity contribution in [3.63, 3.8) is 0 Å². The van der Waals surface area contributed by atoms with Crippen LogP contribution in [0.1, 0.15) is 12.8 Å². The quantitative estimate of drug-likeness (QED) is 0.792. The monoisotopic (exact) mass is 299 g/mol. The van der Waals surface area contributed by atoms with Crippen molar-refractivity contribution in [2.24, 2.45) is 5.92 Å². The standard InChI is InChI=1S/C15H17N5O2/c21-14-7-10(9-17-14)5-6-16-15(22)18-13-8-11-3-1-2-4-12(11)19-20-13/h1-4,8,10H,5-7,9H2,(H,17,21)(H2,16,18,20,22). The van der Waals surface area contributed by atoms with Gasteiger partial charge >= 0.3 is 6.03 Å². The molecule has 2 aromatic rings. The van der Waals surface area contributed by atoms with E-state index in [1.165, 1.54) is 0 Å². The molecule has 1 fully saturated rings. The summed E-state index contributed by atoms with van der Waals surface area (Å²) in [5.74, 6) is 0.795. The van der Waals surface area contributed by atoms with E-state index < -0.39 is 0 Å². The maximum absolute atomic E-state index is 11.8. The van der Waals surface area contributed by atoms with Gasteiger partial charge in [-0.15, -0.1) is 10.2 Å². The summed E-state index contributed by atoms with van der Waals surface area (Å²) < 4.78 is 0. The molecule has 1 atom stereocenters. The van der Waals surface area contributed by atoms with Crippen molar-refractivity contribution >= 4 is 28.7 Å². The number of urea groups is 1. The van der Waals surface area contributed by atoms with Crippen molar-refractivity contribution in [1.29, 1.82) is 0 Å². The lowest BCUT2D eigenvalue weighted by Crippen LogP contribution is -2.31. The Morgan fingerprint density at radius 1 is 1.32 bits per heavy atom. The van der Waals surface area contributed by atoms with Gasteiger partial charge in [-0.25, -0.2) is 4.79 Å². The number of aromatic nitrogens is 2. The third-order valence-electron chi connectivity index (χ3n) is 3.64. The molecule has 0 spiro atoms. The Hall–Kier alpha value is -2.70. The predicted molar refractivity (Wildman–Crippen MR) is 82.3 cm³/mol. The molecule has 3 rings (SSSR count). The largest absolute Gasteiger partial charge is 0.356 e. The Morgan fingerprint density at radius 3 is 3.00 bits per heavy atom. The van der Waals surface area contributed by atoms with Gasteiger partial charge in [0.05, 0.1) is 5.52 Å². The van der Waals surface area contributed by atoms with E-state index >= 15 is 0 Å².